The molecule has 1 N–H and O–H groups in total. The van der Waals surface area contributed by atoms with Crippen LogP contribution in [0, 0.1) is 0 Å². The average Bonchev–Trinajstić information content (AvgIpc) is 2.62. The first kappa shape index (κ1) is 11.2. The van der Waals surface area contributed by atoms with E-state index in [1.807, 2.05) is 11.8 Å². The normalized spacial score (nSPS) is 32.8. The standard InChI is InChI=1S/C10H19N3OS/c1-8-5-11-10(15-8)12-6-9-7-13(2)3-4-14-9/h8-9H,3-7H2,1-2H3,(H,11,12). The molecule has 0 spiro atoms. The Hall–Kier alpha value is -0.260. The molecule has 2 atom stereocenters. The quantitative estimate of drug-likeness (QED) is 0.743. The van der Waals surface area contributed by atoms with Gasteiger partial charge in [-0.15, -0.1) is 0 Å². The molecule has 4 nitrogen and oxygen atoms in total. The van der Waals surface area contributed by atoms with Gasteiger partial charge in [-0.25, -0.2) is 0 Å². The zero-order chi connectivity index (χ0) is 10.7. The molecule has 2 unspecified atom stereocenters. The summed E-state index contributed by atoms with van der Waals surface area (Å²) in [5.41, 5.74) is 0. The second kappa shape index (κ2) is 5.18. The number of rotatable bonds is 2. The lowest BCUT2D eigenvalue weighted by Gasteiger charge is -2.30. The molecule has 2 rings (SSSR count). The maximum absolute atomic E-state index is 5.67. The fraction of sp³-hybridized carbons (Fsp3) is 0.900. The minimum atomic E-state index is 0.308. The lowest BCUT2D eigenvalue weighted by atomic mass is 10.3. The number of likely N-dealkylation sites (N-methyl/N-ethyl adjacent to an activating group) is 1. The largest absolute Gasteiger partial charge is 0.374 e. The first-order valence-corrected chi connectivity index (χ1v) is 6.37. The summed E-state index contributed by atoms with van der Waals surface area (Å²) in [7, 11) is 2.14. The molecule has 2 aliphatic rings. The molecule has 5 heteroatoms. The fourth-order valence-corrected chi connectivity index (χ4v) is 2.61. The summed E-state index contributed by atoms with van der Waals surface area (Å²) in [4.78, 5) is 6.73. The number of thioether (sulfide) groups is 1. The molecule has 1 saturated heterocycles. The molecule has 0 aromatic heterocycles. The van der Waals surface area contributed by atoms with Gasteiger partial charge in [0, 0.05) is 24.9 Å². The number of ether oxygens (including phenoxy) is 1. The lowest BCUT2D eigenvalue weighted by Crippen LogP contribution is -2.45. The molecular formula is C10H19N3OS. The Morgan fingerprint density at radius 1 is 1.67 bits per heavy atom. The highest BCUT2D eigenvalue weighted by atomic mass is 32.2. The lowest BCUT2D eigenvalue weighted by molar-refractivity contribution is -0.0159. The molecule has 15 heavy (non-hydrogen) atoms. The number of aliphatic imine (C=N–C) groups is 1. The van der Waals surface area contributed by atoms with Crippen molar-refractivity contribution in [1.29, 1.82) is 0 Å². The monoisotopic (exact) mass is 229 g/mol. The summed E-state index contributed by atoms with van der Waals surface area (Å²) in [5, 5.41) is 5.07. The van der Waals surface area contributed by atoms with Gasteiger partial charge in [-0.2, -0.15) is 0 Å². The van der Waals surface area contributed by atoms with Crippen molar-refractivity contribution in [1.82, 2.24) is 10.2 Å². The van der Waals surface area contributed by atoms with E-state index in [1.54, 1.807) is 0 Å². The van der Waals surface area contributed by atoms with Gasteiger partial charge < -0.3 is 15.0 Å². The molecular weight excluding hydrogens is 210 g/mol. The Morgan fingerprint density at radius 2 is 2.53 bits per heavy atom. The summed E-state index contributed by atoms with van der Waals surface area (Å²) in [6.45, 7) is 6.93. The van der Waals surface area contributed by atoms with Crippen LogP contribution in [0.4, 0.5) is 0 Å². The number of hydrogen-bond donors (Lipinski definition) is 1. The predicted octanol–water partition coefficient (Wildman–Crippen LogP) is 0.398. The number of nitrogens with one attached hydrogen (secondary N) is 1. The Balaban J connectivity index is 1.69. The van der Waals surface area contributed by atoms with Crippen LogP contribution in [0.25, 0.3) is 0 Å². The van der Waals surface area contributed by atoms with Crippen molar-refractivity contribution in [2.45, 2.75) is 18.3 Å². The molecule has 2 aliphatic heterocycles. The molecule has 0 saturated carbocycles. The van der Waals surface area contributed by atoms with Crippen molar-refractivity contribution in [3.8, 4) is 0 Å². The van der Waals surface area contributed by atoms with Crippen LogP contribution in [0.2, 0.25) is 0 Å². The van der Waals surface area contributed by atoms with Crippen molar-refractivity contribution in [2.24, 2.45) is 4.99 Å². The first-order valence-electron chi connectivity index (χ1n) is 5.49. The highest BCUT2D eigenvalue weighted by Gasteiger charge is 2.20. The highest BCUT2D eigenvalue weighted by Crippen LogP contribution is 2.18. The van der Waals surface area contributed by atoms with Crippen molar-refractivity contribution in [2.75, 3.05) is 39.8 Å². The van der Waals surface area contributed by atoms with Crippen LogP contribution < -0.4 is 5.32 Å². The number of amidine groups is 1. The molecule has 0 amide bonds. The van der Waals surface area contributed by atoms with Gasteiger partial charge in [-0.3, -0.25) is 4.99 Å². The van der Waals surface area contributed by atoms with Crippen LogP contribution in [0.1, 0.15) is 6.92 Å². The van der Waals surface area contributed by atoms with Gasteiger partial charge in [0.05, 0.1) is 19.3 Å². The first-order chi connectivity index (χ1) is 7.24. The van der Waals surface area contributed by atoms with E-state index in [0.717, 1.165) is 38.0 Å². The minimum absolute atomic E-state index is 0.308. The molecule has 0 bridgehead atoms. The number of morpholine rings is 1. The Morgan fingerprint density at radius 3 is 3.20 bits per heavy atom. The van der Waals surface area contributed by atoms with Crippen LogP contribution in [0.5, 0.6) is 0 Å². The molecule has 0 aliphatic carbocycles. The van der Waals surface area contributed by atoms with Gasteiger partial charge in [-0.1, -0.05) is 18.7 Å². The van der Waals surface area contributed by atoms with Crippen LogP contribution >= 0.6 is 11.8 Å². The van der Waals surface area contributed by atoms with Crippen LogP contribution in [-0.4, -0.2) is 61.3 Å². The van der Waals surface area contributed by atoms with E-state index >= 15 is 0 Å². The Kier molecular flexibility index (Phi) is 3.88. The van der Waals surface area contributed by atoms with Crippen molar-refractivity contribution in [3.63, 3.8) is 0 Å². The second-order valence-electron chi connectivity index (χ2n) is 4.21. The summed E-state index contributed by atoms with van der Waals surface area (Å²) in [6, 6.07) is 0. The zero-order valence-corrected chi connectivity index (χ0v) is 10.2. The zero-order valence-electron chi connectivity index (χ0n) is 9.40. The van der Waals surface area contributed by atoms with E-state index in [0.29, 0.717) is 11.4 Å². The number of hydrogen-bond acceptors (Lipinski definition) is 5. The van der Waals surface area contributed by atoms with E-state index in [1.165, 1.54) is 0 Å². The highest BCUT2D eigenvalue weighted by molar-refractivity contribution is 8.14. The molecule has 1 fully saturated rings. The van der Waals surface area contributed by atoms with Gasteiger partial charge >= 0.3 is 0 Å². The van der Waals surface area contributed by atoms with Gasteiger partial charge in [0.25, 0.3) is 0 Å². The Labute approximate surface area is 95.5 Å². The Bertz CT molecular complexity index is 247. The topological polar surface area (TPSA) is 36.9 Å². The average molecular weight is 229 g/mol. The van der Waals surface area contributed by atoms with Gasteiger partial charge in [0.2, 0.25) is 0 Å². The molecule has 0 radical (unpaired) electrons. The minimum Gasteiger partial charge on any atom is -0.374 e. The molecule has 0 aromatic carbocycles. The molecule has 0 aromatic rings. The van der Waals surface area contributed by atoms with Gasteiger partial charge in [0.1, 0.15) is 0 Å². The second-order valence-corrected chi connectivity index (χ2v) is 5.64. The van der Waals surface area contributed by atoms with Crippen LogP contribution in [0.15, 0.2) is 4.99 Å². The van der Waals surface area contributed by atoms with Crippen molar-refractivity contribution < 1.29 is 4.74 Å². The van der Waals surface area contributed by atoms with Crippen molar-refractivity contribution in [3.05, 3.63) is 0 Å². The summed E-state index contributed by atoms with van der Waals surface area (Å²) in [5.74, 6) is 0. The third kappa shape index (κ3) is 3.36. The van der Waals surface area contributed by atoms with E-state index in [2.05, 4.69) is 29.2 Å². The molecule has 2 heterocycles. The van der Waals surface area contributed by atoms with Crippen LogP contribution in [0.3, 0.4) is 0 Å². The van der Waals surface area contributed by atoms with E-state index < -0.39 is 0 Å². The third-order valence-electron chi connectivity index (χ3n) is 2.63. The van der Waals surface area contributed by atoms with E-state index in [-0.39, 0.29) is 0 Å². The SMILES string of the molecule is CC1CN=C(NCC2CN(C)CCO2)S1. The van der Waals surface area contributed by atoms with E-state index in [9.17, 15) is 0 Å². The van der Waals surface area contributed by atoms with Gasteiger partial charge in [0.15, 0.2) is 5.17 Å². The smallest absolute Gasteiger partial charge is 0.157 e. The van der Waals surface area contributed by atoms with E-state index in [4.69, 9.17) is 4.74 Å². The van der Waals surface area contributed by atoms with Crippen molar-refractivity contribution >= 4 is 16.9 Å². The maximum Gasteiger partial charge on any atom is 0.157 e. The summed E-state index contributed by atoms with van der Waals surface area (Å²) < 4.78 is 5.67. The third-order valence-corrected chi connectivity index (χ3v) is 3.68. The summed E-state index contributed by atoms with van der Waals surface area (Å²) >= 11 is 1.82. The summed E-state index contributed by atoms with van der Waals surface area (Å²) in [6.07, 6.45) is 0.308. The van der Waals surface area contributed by atoms with Crippen LogP contribution in [-0.2, 0) is 4.74 Å². The number of nitrogens with zero attached hydrogens (tertiary/aromatic N) is 2. The molecule has 86 valence electrons. The van der Waals surface area contributed by atoms with Gasteiger partial charge in [-0.05, 0) is 7.05 Å². The predicted molar refractivity (Wildman–Crippen MR) is 64.6 cm³/mol. The maximum atomic E-state index is 5.67. The fourth-order valence-electron chi connectivity index (χ4n) is 1.77.